The molecule has 1 heterocycles. The standard InChI is InChI=1S/C28H30N2O6/c1-33-26-17-23(9-12-25(26)35-19-22-5-3-2-4-6-22)28(32)36-20-27(31)29-24-10-7-21(8-11-24)18-30-13-15-34-16-14-30/h2-12,17H,13-16,18-20H2,1H3,(H,29,31). The molecule has 4 rings (SSSR count). The van der Waals surface area contributed by atoms with Crippen molar-refractivity contribution >= 4 is 17.6 Å². The zero-order valence-electron chi connectivity index (χ0n) is 20.3. The van der Waals surface area contributed by atoms with Gasteiger partial charge in [0.1, 0.15) is 6.61 Å². The summed E-state index contributed by atoms with van der Waals surface area (Å²) in [5.74, 6) is -0.132. The summed E-state index contributed by atoms with van der Waals surface area (Å²) < 4.78 is 21.7. The molecular weight excluding hydrogens is 460 g/mol. The third kappa shape index (κ3) is 7.31. The highest BCUT2D eigenvalue weighted by Gasteiger charge is 2.15. The zero-order valence-corrected chi connectivity index (χ0v) is 20.3. The summed E-state index contributed by atoms with van der Waals surface area (Å²) in [6.07, 6.45) is 0. The molecule has 0 saturated carbocycles. The molecule has 1 N–H and O–H groups in total. The van der Waals surface area contributed by atoms with E-state index in [0.29, 0.717) is 23.8 Å². The van der Waals surface area contributed by atoms with Gasteiger partial charge in [-0.1, -0.05) is 42.5 Å². The van der Waals surface area contributed by atoms with Crippen molar-refractivity contribution in [2.75, 3.05) is 45.3 Å². The van der Waals surface area contributed by atoms with Crippen LogP contribution in [0.1, 0.15) is 21.5 Å². The molecule has 3 aromatic rings. The molecule has 8 heteroatoms. The molecule has 1 amide bonds. The summed E-state index contributed by atoms with van der Waals surface area (Å²) in [5, 5.41) is 2.75. The number of ether oxygens (including phenoxy) is 4. The number of nitrogens with zero attached hydrogens (tertiary/aromatic N) is 1. The molecule has 0 bridgehead atoms. The van der Waals surface area contributed by atoms with E-state index < -0.39 is 18.5 Å². The van der Waals surface area contributed by atoms with Crippen LogP contribution in [0.15, 0.2) is 72.8 Å². The van der Waals surface area contributed by atoms with Crippen molar-refractivity contribution < 1.29 is 28.5 Å². The highest BCUT2D eigenvalue weighted by Crippen LogP contribution is 2.29. The largest absolute Gasteiger partial charge is 0.493 e. The number of nitrogens with one attached hydrogen (secondary N) is 1. The Balaban J connectivity index is 1.25. The summed E-state index contributed by atoms with van der Waals surface area (Å²) in [6.45, 7) is 4.16. The molecule has 0 aliphatic carbocycles. The maximum absolute atomic E-state index is 12.5. The Hall–Kier alpha value is -3.88. The van der Waals surface area contributed by atoms with E-state index in [1.165, 1.54) is 13.2 Å². The number of anilines is 1. The molecule has 0 radical (unpaired) electrons. The Bertz CT molecular complexity index is 1140. The third-order valence-corrected chi connectivity index (χ3v) is 5.72. The summed E-state index contributed by atoms with van der Waals surface area (Å²) >= 11 is 0. The minimum absolute atomic E-state index is 0.263. The molecule has 0 unspecified atom stereocenters. The number of hydrogen-bond acceptors (Lipinski definition) is 7. The SMILES string of the molecule is COc1cc(C(=O)OCC(=O)Nc2ccc(CN3CCOCC3)cc2)ccc1OCc1ccccc1. The van der Waals surface area contributed by atoms with Crippen LogP contribution in [0.2, 0.25) is 0 Å². The zero-order chi connectivity index (χ0) is 25.2. The van der Waals surface area contributed by atoms with Gasteiger partial charge in [-0.05, 0) is 41.5 Å². The minimum atomic E-state index is -0.626. The Morgan fingerprint density at radius 1 is 0.917 bits per heavy atom. The molecule has 1 aliphatic rings. The van der Waals surface area contributed by atoms with Gasteiger partial charge in [0.05, 0.1) is 25.9 Å². The van der Waals surface area contributed by atoms with Crippen LogP contribution in [0, 0.1) is 0 Å². The highest BCUT2D eigenvalue weighted by atomic mass is 16.5. The number of carbonyl (C=O) groups is 2. The maximum atomic E-state index is 12.5. The average molecular weight is 491 g/mol. The van der Waals surface area contributed by atoms with Crippen LogP contribution in [0.25, 0.3) is 0 Å². The van der Waals surface area contributed by atoms with Crippen LogP contribution in [0.5, 0.6) is 11.5 Å². The van der Waals surface area contributed by atoms with Crippen molar-refractivity contribution in [3.63, 3.8) is 0 Å². The van der Waals surface area contributed by atoms with Crippen LogP contribution >= 0.6 is 0 Å². The van der Waals surface area contributed by atoms with Crippen molar-refractivity contribution in [2.24, 2.45) is 0 Å². The van der Waals surface area contributed by atoms with E-state index in [2.05, 4.69) is 10.2 Å². The molecule has 188 valence electrons. The number of carbonyl (C=O) groups excluding carboxylic acids is 2. The lowest BCUT2D eigenvalue weighted by molar-refractivity contribution is -0.119. The molecule has 1 aliphatic heterocycles. The van der Waals surface area contributed by atoms with Crippen LogP contribution < -0.4 is 14.8 Å². The van der Waals surface area contributed by atoms with Gasteiger partial charge < -0.3 is 24.3 Å². The lowest BCUT2D eigenvalue weighted by Gasteiger charge is -2.26. The number of rotatable bonds is 10. The number of morpholine rings is 1. The molecule has 1 fully saturated rings. The first kappa shape index (κ1) is 25.2. The van der Waals surface area contributed by atoms with Crippen molar-refractivity contribution in [3.8, 4) is 11.5 Å². The van der Waals surface area contributed by atoms with Crippen molar-refractivity contribution in [3.05, 3.63) is 89.5 Å². The lowest BCUT2D eigenvalue weighted by Crippen LogP contribution is -2.35. The molecule has 0 aromatic heterocycles. The molecule has 1 saturated heterocycles. The number of esters is 1. The van der Waals surface area contributed by atoms with Gasteiger partial charge in [-0.25, -0.2) is 4.79 Å². The summed E-state index contributed by atoms with van der Waals surface area (Å²) in [5.41, 5.74) is 3.08. The Labute approximate surface area is 210 Å². The first-order chi connectivity index (χ1) is 17.6. The molecule has 0 atom stereocenters. The lowest BCUT2D eigenvalue weighted by atomic mass is 10.2. The quantitative estimate of drug-likeness (QED) is 0.432. The number of amides is 1. The van der Waals surface area contributed by atoms with Crippen molar-refractivity contribution in [2.45, 2.75) is 13.2 Å². The smallest absolute Gasteiger partial charge is 0.338 e. The maximum Gasteiger partial charge on any atom is 0.338 e. The van der Waals surface area contributed by atoms with Gasteiger partial charge in [0, 0.05) is 25.3 Å². The van der Waals surface area contributed by atoms with Gasteiger partial charge in [0.25, 0.3) is 5.91 Å². The Morgan fingerprint density at radius 2 is 1.67 bits per heavy atom. The molecule has 3 aromatic carbocycles. The van der Waals surface area contributed by atoms with Gasteiger partial charge in [-0.15, -0.1) is 0 Å². The average Bonchev–Trinajstić information content (AvgIpc) is 2.92. The van der Waals surface area contributed by atoms with E-state index in [4.69, 9.17) is 18.9 Å². The van der Waals surface area contributed by atoms with Crippen LogP contribution in [-0.4, -0.2) is 56.8 Å². The van der Waals surface area contributed by atoms with Gasteiger partial charge in [-0.2, -0.15) is 0 Å². The van der Waals surface area contributed by atoms with E-state index in [-0.39, 0.29) is 5.56 Å². The van der Waals surface area contributed by atoms with Gasteiger partial charge in [-0.3, -0.25) is 9.69 Å². The number of methoxy groups -OCH3 is 1. The first-order valence-electron chi connectivity index (χ1n) is 11.8. The fraction of sp³-hybridized carbons (Fsp3) is 0.286. The second-order valence-electron chi connectivity index (χ2n) is 8.35. The predicted octanol–water partition coefficient (Wildman–Crippen LogP) is 3.90. The number of benzene rings is 3. The van der Waals surface area contributed by atoms with E-state index in [1.807, 2.05) is 54.6 Å². The fourth-order valence-electron chi connectivity index (χ4n) is 3.77. The summed E-state index contributed by atoms with van der Waals surface area (Å²) in [6, 6.07) is 22.1. The highest BCUT2D eigenvalue weighted by molar-refractivity contribution is 5.95. The van der Waals surface area contributed by atoms with Gasteiger partial charge in [0.15, 0.2) is 18.1 Å². The first-order valence-corrected chi connectivity index (χ1v) is 11.8. The molecule has 36 heavy (non-hydrogen) atoms. The van der Waals surface area contributed by atoms with Crippen molar-refractivity contribution in [1.82, 2.24) is 4.90 Å². The Kier molecular flexibility index (Phi) is 8.91. The Morgan fingerprint density at radius 3 is 2.39 bits per heavy atom. The van der Waals surface area contributed by atoms with Crippen molar-refractivity contribution in [1.29, 1.82) is 0 Å². The molecular formula is C28H30N2O6. The van der Waals surface area contributed by atoms with Crippen LogP contribution in [-0.2, 0) is 27.4 Å². The summed E-state index contributed by atoms with van der Waals surface area (Å²) in [4.78, 5) is 27.1. The normalized spacial score (nSPS) is 13.6. The molecule has 0 spiro atoms. The van der Waals surface area contributed by atoms with E-state index in [9.17, 15) is 9.59 Å². The van der Waals surface area contributed by atoms with E-state index in [0.717, 1.165) is 44.0 Å². The van der Waals surface area contributed by atoms with Crippen LogP contribution in [0.4, 0.5) is 5.69 Å². The fourth-order valence-corrected chi connectivity index (χ4v) is 3.77. The third-order valence-electron chi connectivity index (χ3n) is 5.72. The number of hydrogen-bond donors (Lipinski definition) is 1. The monoisotopic (exact) mass is 490 g/mol. The summed E-state index contributed by atoms with van der Waals surface area (Å²) in [7, 11) is 1.50. The van der Waals surface area contributed by atoms with Gasteiger partial charge >= 0.3 is 5.97 Å². The van der Waals surface area contributed by atoms with Gasteiger partial charge in [0.2, 0.25) is 0 Å². The topological polar surface area (TPSA) is 86.3 Å². The second-order valence-corrected chi connectivity index (χ2v) is 8.35. The molecule has 8 nitrogen and oxygen atoms in total. The predicted molar refractivity (Wildman–Crippen MR) is 135 cm³/mol. The van der Waals surface area contributed by atoms with E-state index in [1.54, 1.807) is 12.1 Å². The van der Waals surface area contributed by atoms with Crippen LogP contribution in [0.3, 0.4) is 0 Å². The van der Waals surface area contributed by atoms with E-state index >= 15 is 0 Å². The minimum Gasteiger partial charge on any atom is -0.493 e. The second kappa shape index (κ2) is 12.7.